The van der Waals surface area contributed by atoms with Gasteiger partial charge < -0.3 is 23.5 Å². The molecule has 1 heterocycles. The molecule has 30 heavy (non-hydrogen) atoms. The maximum absolute atomic E-state index is 13.0. The number of amides is 1. The molecule has 0 bridgehead atoms. The maximum Gasteiger partial charge on any atom is 0.279 e. The van der Waals surface area contributed by atoms with Crippen LogP contribution in [0.3, 0.4) is 0 Å². The number of hydrogen-bond acceptors (Lipinski definition) is 6. The van der Waals surface area contributed by atoms with E-state index in [0.717, 1.165) is 10.2 Å². The number of benzene rings is 2. The van der Waals surface area contributed by atoms with Crippen molar-refractivity contribution in [2.45, 2.75) is 13.5 Å². The number of terminal acetylenes is 1. The first kappa shape index (κ1) is 21.3. The fourth-order valence-corrected chi connectivity index (χ4v) is 4.09. The molecule has 0 radical (unpaired) electrons. The molecule has 8 heteroatoms. The van der Waals surface area contributed by atoms with Gasteiger partial charge in [0.25, 0.3) is 5.91 Å². The zero-order valence-electron chi connectivity index (χ0n) is 17.2. The highest BCUT2D eigenvalue weighted by molar-refractivity contribution is 7.16. The summed E-state index contributed by atoms with van der Waals surface area (Å²) in [5.41, 5.74) is 1.12. The van der Waals surface area contributed by atoms with Crippen molar-refractivity contribution < 1.29 is 23.7 Å². The quantitative estimate of drug-likeness (QED) is 0.541. The van der Waals surface area contributed by atoms with E-state index in [9.17, 15) is 4.79 Å². The lowest BCUT2D eigenvalue weighted by molar-refractivity contribution is 0.0997. The van der Waals surface area contributed by atoms with Gasteiger partial charge in [-0.15, -0.1) is 6.42 Å². The van der Waals surface area contributed by atoms with Gasteiger partial charge in [0, 0.05) is 5.56 Å². The van der Waals surface area contributed by atoms with E-state index in [4.69, 9.17) is 25.4 Å². The molecule has 0 saturated heterocycles. The van der Waals surface area contributed by atoms with Crippen LogP contribution in [0.15, 0.2) is 35.3 Å². The van der Waals surface area contributed by atoms with E-state index in [-0.39, 0.29) is 6.54 Å². The minimum atomic E-state index is -0.454. The Hall–Kier alpha value is -3.44. The molecule has 0 atom stereocenters. The van der Waals surface area contributed by atoms with Gasteiger partial charge in [0.1, 0.15) is 11.3 Å². The lowest BCUT2D eigenvalue weighted by Crippen LogP contribution is -2.17. The Labute approximate surface area is 178 Å². The van der Waals surface area contributed by atoms with Crippen LogP contribution in [0.5, 0.6) is 23.0 Å². The van der Waals surface area contributed by atoms with Crippen LogP contribution in [-0.4, -0.2) is 38.4 Å². The van der Waals surface area contributed by atoms with E-state index in [2.05, 4.69) is 10.9 Å². The summed E-state index contributed by atoms with van der Waals surface area (Å²) in [6.07, 6.45) is 5.57. The zero-order chi connectivity index (χ0) is 21.7. The topological polar surface area (TPSA) is 71.3 Å². The zero-order valence-corrected chi connectivity index (χ0v) is 18.0. The third kappa shape index (κ3) is 3.98. The number of thiazole rings is 1. The molecule has 0 aliphatic rings. The molecule has 1 amide bonds. The van der Waals surface area contributed by atoms with E-state index in [0.29, 0.717) is 40.0 Å². The molecular weight excluding hydrogens is 404 g/mol. The Balaban J connectivity index is 2.18. The molecule has 156 valence electrons. The summed E-state index contributed by atoms with van der Waals surface area (Å²) in [5.74, 6) is 4.02. The fraction of sp³-hybridized carbons (Fsp3) is 0.273. The predicted octanol–water partition coefficient (Wildman–Crippen LogP) is 3.50. The Bertz CT molecular complexity index is 1160. The van der Waals surface area contributed by atoms with Crippen molar-refractivity contribution in [1.29, 1.82) is 0 Å². The number of para-hydroxylation sites is 1. The first-order valence-corrected chi connectivity index (χ1v) is 9.97. The van der Waals surface area contributed by atoms with Crippen molar-refractivity contribution in [1.82, 2.24) is 4.57 Å². The smallest absolute Gasteiger partial charge is 0.279 e. The lowest BCUT2D eigenvalue weighted by atomic mass is 10.1. The number of rotatable bonds is 7. The number of aromatic nitrogens is 1. The molecule has 3 aromatic rings. The van der Waals surface area contributed by atoms with Gasteiger partial charge in [0.05, 0.1) is 39.2 Å². The van der Waals surface area contributed by atoms with Gasteiger partial charge in [0.2, 0.25) is 5.75 Å². The van der Waals surface area contributed by atoms with Crippen LogP contribution in [0.1, 0.15) is 17.3 Å². The molecule has 0 saturated carbocycles. The van der Waals surface area contributed by atoms with Crippen LogP contribution in [0.2, 0.25) is 0 Å². The summed E-state index contributed by atoms with van der Waals surface area (Å²) in [4.78, 5) is 17.8. The van der Waals surface area contributed by atoms with Crippen molar-refractivity contribution in [2.75, 3.05) is 27.9 Å². The summed E-state index contributed by atoms with van der Waals surface area (Å²) in [6.45, 7) is 2.68. The van der Waals surface area contributed by atoms with Gasteiger partial charge in [-0.1, -0.05) is 23.3 Å². The lowest BCUT2D eigenvalue weighted by Gasteiger charge is -2.12. The second-order valence-electron chi connectivity index (χ2n) is 6.04. The summed E-state index contributed by atoms with van der Waals surface area (Å²) in [5, 5.41) is 0. The molecule has 0 spiro atoms. The van der Waals surface area contributed by atoms with Gasteiger partial charge >= 0.3 is 0 Å². The van der Waals surface area contributed by atoms with E-state index in [1.807, 2.05) is 25.1 Å². The van der Waals surface area contributed by atoms with E-state index >= 15 is 0 Å². The predicted molar refractivity (Wildman–Crippen MR) is 116 cm³/mol. The van der Waals surface area contributed by atoms with Crippen molar-refractivity contribution in [2.24, 2.45) is 4.99 Å². The number of methoxy groups -OCH3 is 3. The van der Waals surface area contributed by atoms with Gasteiger partial charge in [0.15, 0.2) is 16.3 Å². The van der Waals surface area contributed by atoms with E-state index < -0.39 is 5.91 Å². The average molecular weight is 426 g/mol. The fourth-order valence-electron chi connectivity index (χ4n) is 3.05. The normalized spacial score (nSPS) is 11.2. The average Bonchev–Trinajstić information content (AvgIpc) is 3.10. The largest absolute Gasteiger partial charge is 0.493 e. The summed E-state index contributed by atoms with van der Waals surface area (Å²) < 4.78 is 24.4. The molecule has 7 nitrogen and oxygen atoms in total. The third-order valence-corrected chi connectivity index (χ3v) is 5.37. The summed E-state index contributed by atoms with van der Waals surface area (Å²) >= 11 is 1.37. The van der Waals surface area contributed by atoms with Gasteiger partial charge in [-0.2, -0.15) is 4.99 Å². The van der Waals surface area contributed by atoms with Crippen LogP contribution in [-0.2, 0) is 6.54 Å². The molecule has 0 unspecified atom stereocenters. The Morgan fingerprint density at radius 2 is 1.83 bits per heavy atom. The van der Waals surface area contributed by atoms with Gasteiger partial charge in [-0.25, -0.2) is 0 Å². The maximum atomic E-state index is 13.0. The first-order chi connectivity index (χ1) is 14.6. The van der Waals surface area contributed by atoms with Crippen molar-refractivity contribution in [3.63, 3.8) is 0 Å². The number of ether oxygens (including phenoxy) is 4. The minimum Gasteiger partial charge on any atom is -0.493 e. The number of fused-ring (bicyclic) bond motifs is 1. The monoisotopic (exact) mass is 426 g/mol. The Kier molecular flexibility index (Phi) is 6.65. The standard InChI is InChI=1S/C22H22N2O5S/c1-6-11-24-19-15(29-7-2)9-8-10-18(19)30-22(24)23-21(25)14-12-16(26-3)20(28-5)17(13-14)27-4/h1,8-10,12-13H,7,11H2,2-5H3. The molecule has 0 aliphatic carbocycles. The second kappa shape index (κ2) is 9.37. The highest BCUT2D eigenvalue weighted by atomic mass is 32.1. The van der Waals surface area contributed by atoms with Crippen LogP contribution < -0.4 is 23.7 Å². The number of carbonyl (C=O) groups is 1. The SMILES string of the molecule is C#CCn1c(=NC(=O)c2cc(OC)c(OC)c(OC)c2)sc2cccc(OCC)c21. The Morgan fingerprint density at radius 3 is 2.40 bits per heavy atom. The van der Waals surface area contributed by atoms with Crippen molar-refractivity contribution >= 4 is 27.5 Å². The van der Waals surface area contributed by atoms with Crippen molar-refractivity contribution in [3.05, 3.63) is 40.7 Å². The van der Waals surface area contributed by atoms with Crippen LogP contribution in [0, 0.1) is 12.3 Å². The molecule has 0 N–H and O–H groups in total. The summed E-state index contributed by atoms with van der Waals surface area (Å²) in [7, 11) is 4.48. The van der Waals surface area contributed by atoms with Gasteiger partial charge in [-0.3, -0.25) is 4.79 Å². The second-order valence-corrected chi connectivity index (χ2v) is 7.05. The Morgan fingerprint density at radius 1 is 1.13 bits per heavy atom. The first-order valence-electron chi connectivity index (χ1n) is 9.15. The third-order valence-electron chi connectivity index (χ3n) is 4.32. The molecule has 1 aromatic heterocycles. The van der Waals surface area contributed by atoms with Gasteiger partial charge in [-0.05, 0) is 31.2 Å². The highest BCUT2D eigenvalue weighted by Crippen LogP contribution is 2.38. The van der Waals surface area contributed by atoms with Crippen LogP contribution >= 0.6 is 11.3 Å². The molecule has 0 aliphatic heterocycles. The molecular formula is C22H22N2O5S. The minimum absolute atomic E-state index is 0.255. The molecule has 3 rings (SSSR count). The van der Waals surface area contributed by atoms with Crippen molar-refractivity contribution in [3.8, 4) is 35.3 Å². The number of nitrogens with zero attached hydrogens (tertiary/aromatic N) is 2. The summed E-state index contributed by atoms with van der Waals surface area (Å²) in [6, 6.07) is 8.85. The molecule has 0 fully saturated rings. The van der Waals surface area contributed by atoms with Crippen LogP contribution in [0.4, 0.5) is 0 Å². The number of carbonyl (C=O) groups excluding carboxylic acids is 1. The number of hydrogen-bond donors (Lipinski definition) is 0. The van der Waals surface area contributed by atoms with E-state index in [1.165, 1.54) is 32.7 Å². The highest BCUT2D eigenvalue weighted by Gasteiger charge is 2.18. The molecule has 2 aromatic carbocycles. The van der Waals surface area contributed by atoms with Crippen LogP contribution in [0.25, 0.3) is 10.2 Å². The van der Waals surface area contributed by atoms with E-state index in [1.54, 1.807) is 16.7 Å².